The lowest BCUT2D eigenvalue weighted by atomic mass is 10.2. The number of carbonyl (C=O) groups is 1. The predicted molar refractivity (Wildman–Crippen MR) is 75.5 cm³/mol. The molecule has 0 aromatic heterocycles. The molecule has 6 nitrogen and oxygen atoms in total. The van der Waals surface area contributed by atoms with Gasteiger partial charge < -0.3 is 36.7 Å². The van der Waals surface area contributed by atoms with Gasteiger partial charge in [-0.25, -0.2) is 4.79 Å². The lowest BCUT2D eigenvalue weighted by molar-refractivity contribution is -0.677. The summed E-state index contributed by atoms with van der Waals surface area (Å²) in [6, 6.07) is 7.05. The molecule has 2 N–H and O–H groups in total. The van der Waals surface area contributed by atoms with E-state index >= 15 is 0 Å². The predicted octanol–water partition coefficient (Wildman–Crippen LogP) is -3.03. The molecular formula is C15H22ClNO5. The average molecular weight is 332 g/mol. The fraction of sp³-hybridized carbons (Fsp3) is 0.533. The van der Waals surface area contributed by atoms with Crippen molar-refractivity contribution in [3.05, 3.63) is 24.3 Å². The van der Waals surface area contributed by atoms with Crippen molar-refractivity contribution in [2.24, 2.45) is 0 Å². The molecule has 1 saturated heterocycles. The van der Waals surface area contributed by atoms with E-state index < -0.39 is 0 Å². The van der Waals surface area contributed by atoms with Gasteiger partial charge in [-0.1, -0.05) is 0 Å². The SMILES string of the molecule is COc1ccc(OCC(=O)OCCC2C[NH2+]CCO2)cc1.[Cl-]. The highest BCUT2D eigenvalue weighted by Gasteiger charge is 2.16. The molecule has 124 valence electrons. The molecule has 1 aromatic carbocycles. The van der Waals surface area contributed by atoms with E-state index in [0.29, 0.717) is 12.4 Å². The molecule has 1 aromatic rings. The van der Waals surface area contributed by atoms with Crippen LogP contribution in [0, 0.1) is 0 Å². The van der Waals surface area contributed by atoms with Gasteiger partial charge in [-0.05, 0) is 24.3 Å². The Balaban J connectivity index is 0.00000242. The molecule has 0 aliphatic carbocycles. The fourth-order valence-corrected chi connectivity index (χ4v) is 2.05. The van der Waals surface area contributed by atoms with Crippen LogP contribution in [0.4, 0.5) is 0 Å². The van der Waals surface area contributed by atoms with E-state index in [4.69, 9.17) is 18.9 Å². The number of quaternary nitrogens is 1. The Kier molecular flexibility index (Phi) is 8.65. The summed E-state index contributed by atoms with van der Waals surface area (Å²) in [7, 11) is 1.60. The molecule has 1 fully saturated rings. The Labute approximate surface area is 136 Å². The van der Waals surface area contributed by atoms with E-state index in [2.05, 4.69) is 5.32 Å². The van der Waals surface area contributed by atoms with E-state index in [1.54, 1.807) is 31.4 Å². The first-order valence-electron chi connectivity index (χ1n) is 7.13. The van der Waals surface area contributed by atoms with Crippen LogP contribution in [-0.2, 0) is 14.3 Å². The second kappa shape index (κ2) is 10.3. The maximum atomic E-state index is 11.6. The van der Waals surface area contributed by atoms with Gasteiger partial charge in [0, 0.05) is 6.42 Å². The van der Waals surface area contributed by atoms with Gasteiger partial charge in [-0.3, -0.25) is 0 Å². The Bertz CT molecular complexity index is 434. The summed E-state index contributed by atoms with van der Waals surface area (Å²) >= 11 is 0. The van der Waals surface area contributed by atoms with Crippen molar-refractivity contribution in [2.75, 3.05) is 40.0 Å². The monoisotopic (exact) mass is 331 g/mol. The summed E-state index contributed by atoms with van der Waals surface area (Å²) in [5.41, 5.74) is 0. The molecule has 1 atom stereocenters. The number of hydrogen-bond donors (Lipinski definition) is 1. The van der Waals surface area contributed by atoms with Crippen LogP contribution < -0.4 is 27.2 Å². The number of esters is 1. The number of morpholine rings is 1. The summed E-state index contributed by atoms with van der Waals surface area (Å²) in [6.07, 6.45) is 0.902. The number of nitrogens with two attached hydrogens (primary N) is 1. The minimum absolute atomic E-state index is 0. The number of rotatable bonds is 7. The van der Waals surface area contributed by atoms with Gasteiger partial charge in [0.15, 0.2) is 6.61 Å². The Morgan fingerprint density at radius 3 is 2.68 bits per heavy atom. The standard InChI is InChI=1S/C15H21NO5.ClH/c1-18-12-2-4-13(5-3-12)21-11-15(17)20-8-6-14-10-16-7-9-19-14;/h2-5,14,16H,6-11H2,1H3;1H. The van der Waals surface area contributed by atoms with E-state index in [9.17, 15) is 4.79 Å². The second-order valence-corrected chi connectivity index (χ2v) is 4.78. The molecular weight excluding hydrogens is 310 g/mol. The molecule has 0 spiro atoms. The largest absolute Gasteiger partial charge is 1.00 e. The molecule has 7 heteroatoms. The Hall–Kier alpha value is -1.50. The number of benzene rings is 1. The maximum absolute atomic E-state index is 11.6. The van der Waals surface area contributed by atoms with Crippen molar-refractivity contribution >= 4 is 5.97 Å². The lowest BCUT2D eigenvalue weighted by Crippen LogP contribution is -3.00. The van der Waals surface area contributed by atoms with Crippen LogP contribution in [0.25, 0.3) is 0 Å². The Morgan fingerprint density at radius 2 is 2.05 bits per heavy atom. The first-order valence-corrected chi connectivity index (χ1v) is 7.13. The number of ether oxygens (including phenoxy) is 4. The topological polar surface area (TPSA) is 70.6 Å². The quantitative estimate of drug-likeness (QED) is 0.538. The van der Waals surface area contributed by atoms with Crippen LogP contribution in [0.3, 0.4) is 0 Å². The molecule has 1 aliphatic rings. The minimum atomic E-state index is -0.370. The number of carbonyl (C=O) groups excluding carboxylic acids is 1. The first-order chi connectivity index (χ1) is 10.3. The molecule has 0 bridgehead atoms. The van der Waals surface area contributed by atoms with Crippen molar-refractivity contribution < 1.29 is 41.5 Å². The summed E-state index contributed by atoms with van der Waals surface area (Å²) in [5.74, 6) is 0.984. The number of hydrogen-bond acceptors (Lipinski definition) is 5. The van der Waals surface area contributed by atoms with Crippen LogP contribution in [0.5, 0.6) is 11.5 Å². The molecule has 0 radical (unpaired) electrons. The van der Waals surface area contributed by atoms with E-state index in [-0.39, 0.29) is 31.1 Å². The number of methoxy groups -OCH3 is 1. The summed E-state index contributed by atoms with van der Waals surface area (Å²) in [4.78, 5) is 11.6. The van der Waals surface area contributed by atoms with Gasteiger partial charge in [-0.2, -0.15) is 0 Å². The smallest absolute Gasteiger partial charge is 0.344 e. The minimum Gasteiger partial charge on any atom is -1.00 e. The first kappa shape index (κ1) is 18.5. The van der Waals surface area contributed by atoms with Gasteiger partial charge in [0.05, 0.1) is 26.9 Å². The van der Waals surface area contributed by atoms with E-state index in [0.717, 1.165) is 31.9 Å². The molecule has 22 heavy (non-hydrogen) atoms. The third-order valence-electron chi connectivity index (χ3n) is 3.22. The van der Waals surface area contributed by atoms with Crippen LogP contribution in [0.2, 0.25) is 0 Å². The van der Waals surface area contributed by atoms with Crippen LogP contribution in [0.1, 0.15) is 6.42 Å². The van der Waals surface area contributed by atoms with Gasteiger partial charge in [-0.15, -0.1) is 0 Å². The average Bonchev–Trinajstić information content (AvgIpc) is 2.54. The van der Waals surface area contributed by atoms with Crippen LogP contribution in [-0.4, -0.2) is 52.1 Å². The zero-order chi connectivity index (χ0) is 14.9. The molecule has 1 aliphatic heterocycles. The highest BCUT2D eigenvalue weighted by atomic mass is 35.5. The molecule has 0 saturated carbocycles. The molecule has 2 rings (SSSR count). The third-order valence-corrected chi connectivity index (χ3v) is 3.22. The highest BCUT2D eigenvalue weighted by Crippen LogP contribution is 2.16. The normalized spacial score (nSPS) is 17.2. The van der Waals surface area contributed by atoms with Crippen molar-refractivity contribution in [1.29, 1.82) is 0 Å². The van der Waals surface area contributed by atoms with Crippen molar-refractivity contribution in [3.63, 3.8) is 0 Å². The molecule has 1 unspecified atom stereocenters. The molecule has 1 heterocycles. The van der Waals surface area contributed by atoms with Crippen molar-refractivity contribution in [3.8, 4) is 11.5 Å². The Morgan fingerprint density at radius 1 is 1.32 bits per heavy atom. The van der Waals surface area contributed by atoms with Crippen LogP contribution in [0.15, 0.2) is 24.3 Å². The van der Waals surface area contributed by atoms with Gasteiger partial charge >= 0.3 is 5.97 Å². The maximum Gasteiger partial charge on any atom is 0.344 e. The molecule has 0 amide bonds. The summed E-state index contributed by atoms with van der Waals surface area (Å²) in [6.45, 7) is 2.97. The summed E-state index contributed by atoms with van der Waals surface area (Å²) in [5, 5.41) is 2.21. The van der Waals surface area contributed by atoms with Crippen molar-refractivity contribution in [1.82, 2.24) is 0 Å². The fourth-order valence-electron chi connectivity index (χ4n) is 2.05. The summed E-state index contributed by atoms with van der Waals surface area (Å²) < 4.78 is 21.1. The number of halogens is 1. The third kappa shape index (κ3) is 6.51. The van der Waals surface area contributed by atoms with Crippen molar-refractivity contribution in [2.45, 2.75) is 12.5 Å². The highest BCUT2D eigenvalue weighted by molar-refractivity contribution is 5.71. The zero-order valence-corrected chi connectivity index (χ0v) is 13.4. The van der Waals surface area contributed by atoms with Gasteiger partial charge in [0.1, 0.15) is 24.1 Å². The second-order valence-electron chi connectivity index (χ2n) is 4.78. The van der Waals surface area contributed by atoms with Gasteiger partial charge in [0.2, 0.25) is 0 Å². The van der Waals surface area contributed by atoms with E-state index in [1.165, 1.54) is 0 Å². The lowest BCUT2D eigenvalue weighted by Gasteiger charge is -2.20. The van der Waals surface area contributed by atoms with E-state index in [1.807, 2.05) is 0 Å². The zero-order valence-electron chi connectivity index (χ0n) is 12.6. The van der Waals surface area contributed by atoms with Gasteiger partial charge in [0.25, 0.3) is 0 Å². The van der Waals surface area contributed by atoms with Crippen LogP contribution >= 0.6 is 0 Å².